The average molecular weight is 435 g/mol. The van der Waals surface area contributed by atoms with Crippen molar-refractivity contribution in [3.63, 3.8) is 0 Å². The molecule has 0 aromatic carbocycles. The predicted molar refractivity (Wildman–Crippen MR) is 117 cm³/mol. The molecule has 2 heterocycles. The van der Waals surface area contributed by atoms with Crippen LogP contribution in [0.5, 0.6) is 0 Å². The molecule has 0 amide bonds. The Kier molecular flexibility index (Phi) is 11.9. The van der Waals surface area contributed by atoms with E-state index in [0.717, 1.165) is 15.0 Å². The third kappa shape index (κ3) is 9.81. The van der Waals surface area contributed by atoms with E-state index in [0.29, 0.717) is 0 Å². The maximum atomic E-state index is 4.14. The van der Waals surface area contributed by atoms with E-state index in [2.05, 4.69) is 41.2 Å². The molecular formula is C22H33N2PSe. The second-order valence-electron chi connectivity index (χ2n) is 6.73. The fourth-order valence-corrected chi connectivity index (χ4v) is 8.86. The van der Waals surface area contributed by atoms with Crippen molar-refractivity contribution < 1.29 is 0 Å². The molecule has 2 aromatic heterocycles. The van der Waals surface area contributed by atoms with Gasteiger partial charge in [0.05, 0.1) is 0 Å². The molecule has 0 bridgehead atoms. The number of nitrogens with zero attached hydrogens (tertiary/aromatic N) is 2. The molecule has 0 unspecified atom stereocenters. The topological polar surface area (TPSA) is 25.8 Å². The first-order valence-corrected chi connectivity index (χ1v) is 14.3. The molecule has 142 valence electrons. The van der Waals surface area contributed by atoms with Crippen molar-refractivity contribution in [1.29, 1.82) is 0 Å². The molecule has 0 saturated carbocycles. The number of unbranched alkanes of at least 4 members (excludes halogenated alkanes) is 3. The van der Waals surface area contributed by atoms with Crippen molar-refractivity contribution in [2.24, 2.45) is 0 Å². The summed E-state index contributed by atoms with van der Waals surface area (Å²) in [5.74, 6) is 0. The van der Waals surface area contributed by atoms with Gasteiger partial charge < -0.3 is 0 Å². The van der Waals surface area contributed by atoms with Gasteiger partial charge in [-0.05, 0) is 0 Å². The number of pyridine rings is 2. The molecule has 0 N–H and O–H groups in total. The van der Waals surface area contributed by atoms with Crippen LogP contribution in [-0.2, 0) is 12.8 Å². The van der Waals surface area contributed by atoms with E-state index in [-0.39, 0.29) is 7.92 Å². The zero-order valence-corrected chi connectivity index (χ0v) is 18.8. The third-order valence-electron chi connectivity index (χ3n) is 4.63. The SMILES string of the molecule is CCCCCC[Se]CCP(CCc1ccncc1)CCc1ccncc1. The maximum absolute atomic E-state index is 4.14. The summed E-state index contributed by atoms with van der Waals surface area (Å²) in [6, 6.07) is 8.70. The van der Waals surface area contributed by atoms with Crippen LogP contribution in [0.15, 0.2) is 49.1 Å². The van der Waals surface area contributed by atoms with Crippen molar-refractivity contribution in [3.8, 4) is 0 Å². The van der Waals surface area contributed by atoms with Crippen LogP contribution in [0.25, 0.3) is 0 Å². The first kappa shape index (κ1) is 21.5. The molecule has 0 saturated heterocycles. The van der Waals surface area contributed by atoms with Gasteiger partial charge in [0.15, 0.2) is 0 Å². The minimum atomic E-state index is 0.139. The van der Waals surface area contributed by atoms with Crippen LogP contribution in [0, 0.1) is 0 Å². The Morgan fingerprint density at radius 2 is 1.31 bits per heavy atom. The van der Waals surface area contributed by atoms with Gasteiger partial charge in [0.25, 0.3) is 0 Å². The van der Waals surface area contributed by atoms with Gasteiger partial charge in [-0.2, -0.15) is 0 Å². The Bertz CT molecular complexity index is 521. The van der Waals surface area contributed by atoms with E-state index in [9.17, 15) is 0 Å². The standard InChI is InChI=1S/C22H33N2PSe/c1-2-3-4-5-19-26-20-18-25(16-10-21-6-12-23-13-7-21)17-11-22-8-14-24-15-9-22/h6-9,12-15H,2-5,10-11,16-20H2,1H3. The summed E-state index contributed by atoms with van der Waals surface area (Å²) in [4.78, 5) is 8.28. The molecule has 0 atom stereocenters. The van der Waals surface area contributed by atoms with Crippen LogP contribution >= 0.6 is 7.92 Å². The monoisotopic (exact) mass is 436 g/mol. The van der Waals surface area contributed by atoms with E-state index in [1.807, 2.05) is 24.8 Å². The number of aromatic nitrogens is 2. The van der Waals surface area contributed by atoms with Gasteiger partial charge in [-0.25, -0.2) is 0 Å². The van der Waals surface area contributed by atoms with E-state index in [1.54, 1.807) is 0 Å². The number of hydrogen-bond donors (Lipinski definition) is 0. The fourth-order valence-electron chi connectivity index (χ4n) is 2.94. The summed E-state index contributed by atoms with van der Waals surface area (Å²) in [6.45, 7) is 2.30. The molecule has 4 heteroatoms. The Hall–Kier alpha value is -0.751. The molecule has 26 heavy (non-hydrogen) atoms. The first-order chi connectivity index (χ1) is 12.9. The van der Waals surface area contributed by atoms with Crippen molar-refractivity contribution in [1.82, 2.24) is 9.97 Å². The van der Waals surface area contributed by atoms with Gasteiger partial charge in [0.1, 0.15) is 0 Å². The summed E-state index contributed by atoms with van der Waals surface area (Å²) in [7, 11) is 0.139. The molecule has 0 fully saturated rings. The van der Waals surface area contributed by atoms with Gasteiger partial charge in [-0.15, -0.1) is 0 Å². The van der Waals surface area contributed by atoms with Crippen molar-refractivity contribution in [3.05, 3.63) is 60.2 Å². The zero-order valence-electron chi connectivity index (χ0n) is 16.1. The van der Waals surface area contributed by atoms with Gasteiger partial charge in [0, 0.05) is 0 Å². The number of aryl methyl sites for hydroxylation is 2. The molecule has 0 radical (unpaired) electrons. The van der Waals surface area contributed by atoms with E-state index >= 15 is 0 Å². The normalized spacial score (nSPS) is 11.2. The Morgan fingerprint density at radius 1 is 0.731 bits per heavy atom. The van der Waals surface area contributed by atoms with Crippen LogP contribution in [0.4, 0.5) is 0 Å². The summed E-state index contributed by atoms with van der Waals surface area (Å²) in [5, 5.41) is 2.97. The minimum absolute atomic E-state index is 0.139. The summed E-state index contributed by atoms with van der Waals surface area (Å²) < 4.78 is 0. The van der Waals surface area contributed by atoms with E-state index in [1.165, 1.54) is 78.8 Å². The third-order valence-corrected chi connectivity index (χ3v) is 10.1. The van der Waals surface area contributed by atoms with Gasteiger partial charge in [-0.1, -0.05) is 0 Å². The second kappa shape index (κ2) is 14.3. The first-order valence-electron chi connectivity index (χ1n) is 9.96. The van der Waals surface area contributed by atoms with Crippen LogP contribution in [0.1, 0.15) is 43.7 Å². The summed E-state index contributed by atoms with van der Waals surface area (Å²) in [6.07, 6.45) is 20.0. The fraction of sp³-hybridized carbons (Fsp3) is 0.545. The summed E-state index contributed by atoms with van der Waals surface area (Å²) >= 11 is 0.863. The number of rotatable bonds is 14. The van der Waals surface area contributed by atoms with E-state index in [4.69, 9.17) is 0 Å². The molecule has 2 rings (SSSR count). The van der Waals surface area contributed by atoms with E-state index < -0.39 is 0 Å². The molecule has 0 aliphatic rings. The van der Waals surface area contributed by atoms with Gasteiger partial charge in [0.2, 0.25) is 0 Å². The van der Waals surface area contributed by atoms with Gasteiger partial charge in [-0.3, -0.25) is 0 Å². The van der Waals surface area contributed by atoms with Crippen molar-refractivity contribution in [2.75, 3.05) is 18.5 Å². The van der Waals surface area contributed by atoms with Crippen LogP contribution < -0.4 is 0 Å². The van der Waals surface area contributed by atoms with Crippen molar-refractivity contribution >= 4 is 22.9 Å². The zero-order chi connectivity index (χ0) is 18.3. The van der Waals surface area contributed by atoms with Crippen molar-refractivity contribution in [2.45, 2.75) is 56.1 Å². The van der Waals surface area contributed by atoms with Crippen LogP contribution in [0.2, 0.25) is 10.6 Å². The summed E-state index contributed by atoms with van der Waals surface area (Å²) in [5.41, 5.74) is 2.89. The van der Waals surface area contributed by atoms with Gasteiger partial charge >= 0.3 is 168 Å². The molecular weight excluding hydrogens is 402 g/mol. The molecule has 2 nitrogen and oxygen atoms in total. The Morgan fingerprint density at radius 3 is 1.85 bits per heavy atom. The molecule has 0 aliphatic heterocycles. The van der Waals surface area contributed by atoms with Crippen LogP contribution in [-0.4, -0.2) is 43.4 Å². The Labute approximate surface area is 167 Å². The van der Waals surface area contributed by atoms with Crippen LogP contribution in [0.3, 0.4) is 0 Å². The average Bonchev–Trinajstić information content (AvgIpc) is 2.70. The molecule has 2 aromatic rings. The molecule has 0 aliphatic carbocycles. The molecule has 0 spiro atoms. The quantitative estimate of drug-likeness (QED) is 0.211. The predicted octanol–water partition coefficient (Wildman–Crippen LogP) is 5.86. The Balaban J connectivity index is 1.72. The second-order valence-corrected chi connectivity index (χ2v) is 12.0. The number of hydrogen-bond acceptors (Lipinski definition) is 2.